The van der Waals surface area contributed by atoms with Crippen LogP contribution in [0.5, 0.6) is 0 Å². The first-order chi connectivity index (χ1) is 14.7. The molecule has 1 aromatic carbocycles. The number of thiocarbonyl (C=S) groups is 1. The van der Waals surface area contributed by atoms with E-state index in [2.05, 4.69) is 13.8 Å². The second-order valence-electron chi connectivity index (χ2n) is 9.53. The van der Waals surface area contributed by atoms with E-state index in [1.54, 1.807) is 7.11 Å². The zero-order chi connectivity index (χ0) is 22.6. The van der Waals surface area contributed by atoms with E-state index in [-0.39, 0.29) is 24.7 Å². The van der Waals surface area contributed by atoms with Crippen LogP contribution in [0.2, 0.25) is 0 Å². The van der Waals surface area contributed by atoms with Crippen LogP contribution in [0.4, 0.5) is 4.79 Å². The maximum absolute atomic E-state index is 13.6. The second kappa shape index (κ2) is 9.86. The van der Waals surface area contributed by atoms with E-state index in [9.17, 15) is 4.79 Å². The first-order valence-electron chi connectivity index (χ1n) is 11.5. The summed E-state index contributed by atoms with van der Waals surface area (Å²) < 4.78 is 17.8. The molecule has 0 spiro atoms. The largest absolute Gasteiger partial charge is 0.490 e. The van der Waals surface area contributed by atoms with Gasteiger partial charge in [-0.25, -0.2) is 4.79 Å². The van der Waals surface area contributed by atoms with Gasteiger partial charge in [-0.1, -0.05) is 69.4 Å². The van der Waals surface area contributed by atoms with Gasteiger partial charge in [0.1, 0.15) is 12.3 Å². The van der Waals surface area contributed by atoms with Crippen LogP contribution in [0.1, 0.15) is 71.8 Å². The minimum Gasteiger partial charge on any atom is -0.490 e. The average Bonchev–Trinajstić information content (AvgIpc) is 2.97. The van der Waals surface area contributed by atoms with E-state index in [0.29, 0.717) is 11.0 Å². The van der Waals surface area contributed by atoms with Crippen molar-refractivity contribution in [1.82, 2.24) is 4.90 Å². The number of ether oxygens (including phenoxy) is 3. The molecule has 1 aliphatic carbocycles. The van der Waals surface area contributed by atoms with Crippen LogP contribution in [-0.4, -0.2) is 40.5 Å². The molecule has 0 bridgehead atoms. The highest BCUT2D eigenvalue weighted by molar-refractivity contribution is 7.80. The molecule has 3 rings (SSSR count). The number of benzene rings is 1. The molecule has 2 aliphatic rings. The Bertz CT molecular complexity index is 762. The lowest BCUT2D eigenvalue weighted by Gasteiger charge is -2.47. The fourth-order valence-corrected chi connectivity index (χ4v) is 5.86. The predicted molar refractivity (Wildman–Crippen MR) is 126 cm³/mol. The van der Waals surface area contributed by atoms with Gasteiger partial charge < -0.3 is 14.2 Å². The van der Waals surface area contributed by atoms with Crippen LogP contribution in [-0.2, 0) is 20.8 Å². The molecule has 0 N–H and O–H groups in total. The van der Waals surface area contributed by atoms with Crippen LogP contribution in [0.25, 0.3) is 0 Å². The Morgan fingerprint density at radius 3 is 2.48 bits per heavy atom. The third-order valence-electron chi connectivity index (χ3n) is 7.16. The van der Waals surface area contributed by atoms with Crippen LogP contribution in [0, 0.1) is 11.8 Å². The maximum Gasteiger partial charge on any atom is 0.412 e. The van der Waals surface area contributed by atoms with E-state index in [1.165, 1.54) is 32.1 Å². The molecule has 3 atom stereocenters. The summed E-state index contributed by atoms with van der Waals surface area (Å²) in [5.74, 6) is 0.357. The smallest absolute Gasteiger partial charge is 0.412 e. The first kappa shape index (κ1) is 24.0. The normalized spacial score (nSPS) is 27.0. The van der Waals surface area contributed by atoms with Gasteiger partial charge in [0.05, 0.1) is 24.7 Å². The summed E-state index contributed by atoms with van der Waals surface area (Å²) in [6.07, 6.45) is 6.39. The Kier molecular flexibility index (Phi) is 7.63. The summed E-state index contributed by atoms with van der Waals surface area (Å²) in [6, 6.07) is 9.76. The van der Waals surface area contributed by atoms with Crippen molar-refractivity contribution in [3.05, 3.63) is 35.9 Å². The number of hydrogen-bond acceptors (Lipinski definition) is 5. The summed E-state index contributed by atoms with van der Waals surface area (Å²) in [5, 5.41) is 0.504. The Morgan fingerprint density at radius 2 is 1.87 bits per heavy atom. The van der Waals surface area contributed by atoms with E-state index >= 15 is 0 Å². The predicted octanol–water partition coefficient (Wildman–Crippen LogP) is 6.10. The molecule has 1 saturated carbocycles. The van der Waals surface area contributed by atoms with Crippen LogP contribution < -0.4 is 0 Å². The molecule has 6 heteroatoms. The van der Waals surface area contributed by atoms with Crippen molar-refractivity contribution < 1.29 is 19.0 Å². The van der Waals surface area contributed by atoms with Gasteiger partial charge in [0, 0.05) is 0 Å². The highest BCUT2D eigenvalue weighted by Gasteiger charge is 2.63. The van der Waals surface area contributed by atoms with Crippen LogP contribution in [0.3, 0.4) is 0 Å². The number of rotatable bonds is 6. The Hall–Kier alpha value is -1.66. The lowest BCUT2D eigenvalue weighted by Crippen LogP contribution is -2.62. The minimum atomic E-state index is -0.806. The molecule has 1 heterocycles. The molecule has 1 saturated heterocycles. The Morgan fingerprint density at radius 1 is 1.23 bits per heavy atom. The number of methoxy groups -OCH3 is 1. The molecular formula is C25H37NO4S. The number of carbonyl (C=O) groups is 1. The van der Waals surface area contributed by atoms with E-state index < -0.39 is 11.3 Å². The summed E-state index contributed by atoms with van der Waals surface area (Å²) in [4.78, 5) is 15.4. The fourth-order valence-electron chi connectivity index (χ4n) is 5.66. The number of hydrogen-bond donors (Lipinski definition) is 0. The average molecular weight is 448 g/mol. The Balaban J connectivity index is 1.95. The first-order valence-corrected chi connectivity index (χ1v) is 11.9. The third-order valence-corrected chi connectivity index (χ3v) is 7.68. The SMILES string of the molecule is COC(=S)[C@@H](C)[C@@]1(CC2CCCCC2)[C@H](C)OC(C)(C)N1C(=O)OCc1ccccc1. The van der Waals surface area contributed by atoms with Gasteiger partial charge in [-0.3, -0.25) is 4.90 Å². The molecular weight excluding hydrogens is 410 g/mol. The molecule has 1 aromatic rings. The molecule has 5 nitrogen and oxygen atoms in total. The highest BCUT2D eigenvalue weighted by atomic mass is 32.1. The van der Waals surface area contributed by atoms with Crippen molar-refractivity contribution in [2.75, 3.05) is 7.11 Å². The van der Waals surface area contributed by atoms with Crippen molar-refractivity contribution in [1.29, 1.82) is 0 Å². The van der Waals surface area contributed by atoms with Gasteiger partial charge in [-0.2, -0.15) is 0 Å². The van der Waals surface area contributed by atoms with Crippen molar-refractivity contribution in [2.24, 2.45) is 11.8 Å². The molecule has 0 radical (unpaired) electrons. The molecule has 172 valence electrons. The standard InChI is InChI=1S/C25H37NO4S/c1-18(22(31)28-5)25(16-20-12-8-6-9-13-20)19(2)30-24(3,4)26(25)23(27)29-17-21-14-10-7-11-15-21/h7,10-11,14-15,18-20H,6,8-9,12-13,16-17H2,1-5H3/t18-,19+,25+/m1/s1. The summed E-state index contributed by atoms with van der Waals surface area (Å²) >= 11 is 5.61. The van der Waals surface area contributed by atoms with Gasteiger partial charge in [-0.05, 0) is 50.9 Å². The van der Waals surface area contributed by atoms with E-state index in [4.69, 9.17) is 26.4 Å². The number of nitrogens with zero attached hydrogens (tertiary/aromatic N) is 1. The minimum absolute atomic E-state index is 0.171. The number of carbonyl (C=O) groups excluding carboxylic acids is 1. The zero-order valence-electron chi connectivity index (χ0n) is 19.6. The van der Waals surface area contributed by atoms with E-state index in [0.717, 1.165) is 12.0 Å². The molecule has 0 aromatic heterocycles. The Labute approximate surface area is 192 Å². The molecule has 2 fully saturated rings. The van der Waals surface area contributed by atoms with Gasteiger partial charge in [0.2, 0.25) is 0 Å². The summed E-state index contributed by atoms with van der Waals surface area (Å²) in [5.41, 5.74) is -0.466. The highest BCUT2D eigenvalue weighted by Crippen LogP contribution is 2.50. The zero-order valence-corrected chi connectivity index (χ0v) is 20.4. The van der Waals surface area contributed by atoms with Gasteiger partial charge in [0.25, 0.3) is 0 Å². The topological polar surface area (TPSA) is 48.0 Å². The summed E-state index contributed by atoms with van der Waals surface area (Å²) in [7, 11) is 1.61. The monoisotopic (exact) mass is 447 g/mol. The van der Waals surface area contributed by atoms with Gasteiger partial charge in [0.15, 0.2) is 5.05 Å². The fraction of sp³-hybridized carbons (Fsp3) is 0.680. The summed E-state index contributed by atoms with van der Waals surface area (Å²) in [6.45, 7) is 8.23. The molecule has 1 amide bonds. The van der Waals surface area contributed by atoms with Gasteiger partial charge >= 0.3 is 6.09 Å². The van der Waals surface area contributed by atoms with Crippen LogP contribution >= 0.6 is 12.2 Å². The van der Waals surface area contributed by atoms with Crippen molar-refractivity contribution in [2.45, 2.75) is 90.2 Å². The van der Waals surface area contributed by atoms with Crippen molar-refractivity contribution in [3.63, 3.8) is 0 Å². The quantitative estimate of drug-likeness (QED) is 0.493. The van der Waals surface area contributed by atoms with Gasteiger partial charge in [-0.15, -0.1) is 0 Å². The molecule has 31 heavy (non-hydrogen) atoms. The maximum atomic E-state index is 13.6. The number of amides is 1. The van der Waals surface area contributed by atoms with E-state index in [1.807, 2.05) is 49.1 Å². The lowest BCUT2D eigenvalue weighted by molar-refractivity contribution is -0.0697. The van der Waals surface area contributed by atoms with Crippen molar-refractivity contribution >= 4 is 23.4 Å². The van der Waals surface area contributed by atoms with Crippen LogP contribution in [0.15, 0.2) is 30.3 Å². The lowest BCUT2D eigenvalue weighted by atomic mass is 9.70. The third kappa shape index (κ3) is 4.90. The van der Waals surface area contributed by atoms with Crippen molar-refractivity contribution in [3.8, 4) is 0 Å². The molecule has 1 aliphatic heterocycles. The molecule has 0 unspecified atom stereocenters. The second-order valence-corrected chi connectivity index (χ2v) is 9.93.